The van der Waals surface area contributed by atoms with Gasteiger partial charge in [-0.05, 0) is 18.7 Å². The van der Waals surface area contributed by atoms with E-state index in [9.17, 15) is 0 Å². The Morgan fingerprint density at radius 1 is 1.21 bits per heavy atom. The zero-order valence-corrected chi connectivity index (χ0v) is 7.80. The van der Waals surface area contributed by atoms with Crippen LogP contribution in [0.5, 0.6) is 0 Å². The molecular formula is C10H12N4. The Kier molecular flexibility index (Phi) is 2.55. The van der Waals surface area contributed by atoms with E-state index >= 15 is 0 Å². The SMILES string of the molecule is NCCc1nncn1-c1ccccc1. The highest BCUT2D eigenvalue weighted by Crippen LogP contribution is 2.08. The number of aromatic nitrogens is 3. The average Bonchev–Trinajstić information content (AvgIpc) is 2.68. The first kappa shape index (κ1) is 8.90. The Balaban J connectivity index is 2.37. The predicted molar refractivity (Wildman–Crippen MR) is 54.1 cm³/mol. The highest BCUT2D eigenvalue weighted by molar-refractivity contribution is 5.31. The first-order valence-electron chi connectivity index (χ1n) is 4.56. The summed E-state index contributed by atoms with van der Waals surface area (Å²) in [5.41, 5.74) is 6.56. The molecule has 0 amide bonds. The zero-order chi connectivity index (χ0) is 9.80. The van der Waals surface area contributed by atoms with Crippen molar-refractivity contribution < 1.29 is 0 Å². The lowest BCUT2D eigenvalue weighted by Gasteiger charge is -2.04. The minimum atomic E-state index is 0.589. The van der Waals surface area contributed by atoms with Crippen LogP contribution >= 0.6 is 0 Å². The lowest BCUT2D eigenvalue weighted by atomic mass is 10.3. The van der Waals surface area contributed by atoms with Crippen molar-refractivity contribution in [3.63, 3.8) is 0 Å². The molecule has 4 heteroatoms. The Morgan fingerprint density at radius 2 is 2.00 bits per heavy atom. The Bertz CT molecular complexity index is 394. The fraction of sp³-hybridized carbons (Fsp3) is 0.200. The molecule has 2 aromatic rings. The van der Waals surface area contributed by atoms with Gasteiger partial charge in [-0.25, -0.2) is 0 Å². The van der Waals surface area contributed by atoms with Gasteiger partial charge in [0, 0.05) is 12.1 Å². The summed E-state index contributed by atoms with van der Waals surface area (Å²) in [7, 11) is 0. The van der Waals surface area contributed by atoms with Crippen molar-refractivity contribution in [2.75, 3.05) is 6.54 Å². The summed E-state index contributed by atoms with van der Waals surface area (Å²) in [6.07, 6.45) is 2.45. The largest absolute Gasteiger partial charge is 0.330 e. The molecule has 1 aromatic heterocycles. The Morgan fingerprint density at radius 3 is 2.71 bits per heavy atom. The van der Waals surface area contributed by atoms with Gasteiger partial charge in [0.05, 0.1) is 0 Å². The van der Waals surface area contributed by atoms with E-state index in [1.807, 2.05) is 34.9 Å². The monoisotopic (exact) mass is 188 g/mol. The number of benzene rings is 1. The summed E-state index contributed by atoms with van der Waals surface area (Å²) in [5, 5.41) is 7.89. The molecule has 0 unspecified atom stereocenters. The molecule has 2 N–H and O–H groups in total. The number of nitrogens with zero attached hydrogens (tertiary/aromatic N) is 3. The smallest absolute Gasteiger partial charge is 0.138 e. The van der Waals surface area contributed by atoms with Crippen molar-refractivity contribution in [1.82, 2.24) is 14.8 Å². The van der Waals surface area contributed by atoms with Gasteiger partial charge in [0.2, 0.25) is 0 Å². The van der Waals surface area contributed by atoms with Gasteiger partial charge in [-0.1, -0.05) is 18.2 Å². The van der Waals surface area contributed by atoms with Crippen LogP contribution in [0.3, 0.4) is 0 Å². The molecule has 0 saturated heterocycles. The molecule has 0 atom stereocenters. The standard InChI is InChI=1S/C10H12N4/c11-7-6-10-13-12-8-14(10)9-4-2-1-3-5-9/h1-5,8H,6-7,11H2. The van der Waals surface area contributed by atoms with E-state index in [1.54, 1.807) is 6.33 Å². The quantitative estimate of drug-likeness (QED) is 0.774. The molecule has 0 bridgehead atoms. The van der Waals surface area contributed by atoms with Crippen LogP contribution in [0.2, 0.25) is 0 Å². The van der Waals surface area contributed by atoms with Crippen LogP contribution in [-0.2, 0) is 6.42 Å². The van der Waals surface area contributed by atoms with Gasteiger partial charge in [0.25, 0.3) is 0 Å². The maximum atomic E-state index is 5.49. The molecule has 0 spiro atoms. The van der Waals surface area contributed by atoms with Gasteiger partial charge >= 0.3 is 0 Å². The number of para-hydroxylation sites is 1. The molecule has 14 heavy (non-hydrogen) atoms. The fourth-order valence-electron chi connectivity index (χ4n) is 1.36. The second-order valence-corrected chi connectivity index (χ2v) is 2.99. The summed E-state index contributed by atoms with van der Waals surface area (Å²) in [6.45, 7) is 0.589. The topological polar surface area (TPSA) is 56.7 Å². The molecule has 0 fully saturated rings. The molecule has 0 aliphatic heterocycles. The minimum absolute atomic E-state index is 0.589. The summed E-state index contributed by atoms with van der Waals surface area (Å²) in [5.74, 6) is 0.902. The highest BCUT2D eigenvalue weighted by Gasteiger charge is 2.03. The van der Waals surface area contributed by atoms with E-state index in [1.165, 1.54) is 0 Å². The third-order valence-electron chi connectivity index (χ3n) is 2.02. The van der Waals surface area contributed by atoms with Crippen LogP contribution in [0, 0.1) is 0 Å². The van der Waals surface area contributed by atoms with E-state index < -0.39 is 0 Å². The first-order valence-corrected chi connectivity index (χ1v) is 4.56. The molecule has 2 rings (SSSR count). The third-order valence-corrected chi connectivity index (χ3v) is 2.02. The number of nitrogens with two attached hydrogens (primary N) is 1. The van der Waals surface area contributed by atoms with Crippen molar-refractivity contribution in [1.29, 1.82) is 0 Å². The maximum absolute atomic E-state index is 5.49. The van der Waals surface area contributed by atoms with Crippen LogP contribution in [0.1, 0.15) is 5.82 Å². The van der Waals surface area contributed by atoms with E-state index in [0.717, 1.165) is 17.9 Å². The second kappa shape index (κ2) is 4.02. The van der Waals surface area contributed by atoms with E-state index in [2.05, 4.69) is 10.2 Å². The Hall–Kier alpha value is -1.68. The molecule has 0 aliphatic rings. The molecule has 0 radical (unpaired) electrons. The average molecular weight is 188 g/mol. The van der Waals surface area contributed by atoms with Gasteiger partial charge in [-0.2, -0.15) is 0 Å². The first-order chi connectivity index (χ1) is 6.92. The highest BCUT2D eigenvalue weighted by atomic mass is 15.3. The number of hydrogen-bond donors (Lipinski definition) is 1. The van der Waals surface area contributed by atoms with Crippen molar-refractivity contribution >= 4 is 0 Å². The normalized spacial score (nSPS) is 10.4. The van der Waals surface area contributed by atoms with Gasteiger partial charge in [-0.15, -0.1) is 10.2 Å². The summed E-state index contributed by atoms with van der Waals surface area (Å²) in [4.78, 5) is 0. The lowest BCUT2D eigenvalue weighted by Crippen LogP contribution is -2.08. The molecule has 4 nitrogen and oxygen atoms in total. The van der Waals surface area contributed by atoms with Crippen LogP contribution < -0.4 is 5.73 Å². The van der Waals surface area contributed by atoms with Crippen LogP contribution in [-0.4, -0.2) is 21.3 Å². The fourth-order valence-corrected chi connectivity index (χ4v) is 1.36. The van der Waals surface area contributed by atoms with Crippen molar-refractivity contribution in [2.24, 2.45) is 5.73 Å². The molecule has 72 valence electrons. The predicted octanol–water partition coefficient (Wildman–Crippen LogP) is 0.768. The molecular weight excluding hydrogens is 176 g/mol. The Labute approximate surface area is 82.4 Å². The van der Waals surface area contributed by atoms with Crippen LogP contribution in [0.4, 0.5) is 0 Å². The van der Waals surface area contributed by atoms with Crippen molar-refractivity contribution in [3.8, 4) is 5.69 Å². The molecule has 0 aliphatic carbocycles. The summed E-state index contributed by atoms with van der Waals surface area (Å²) < 4.78 is 1.95. The van der Waals surface area contributed by atoms with Gasteiger partial charge < -0.3 is 5.73 Å². The van der Waals surface area contributed by atoms with Gasteiger partial charge in [0.1, 0.15) is 12.2 Å². The summed E-state index contributed by atoms with van der Waals surface area (Å²) >= 11 is 0. The maximum Gasteiger partial charge on any atom is 0.138 e. The van der Waals surface area contributed by atoms with Crippen LogP contribution in [0.25, 0.3) is 5.69 Å². The van der Waals surface area contributed by atoms with Gasteiger partial charge in [-0.3, -0.25) is 4.57 Å². The van der Waals surface area contributed by atoms with E-state index in [4.69, 9.17) is 5.73 Å². The summed E-state index contributed by atoms with van der Waals surface area (Å²) in [6, 6.07) is 9.99. The molecule has 0 saturated carbocycles. The third kappa shape index (κ3) is 1.65. The van der Waals surface area contributed by atoms with E-state index in [-0.39, 0.29) is 0 Å². The van der Waals surface area contributed by atoms with Crippen LogP contribution in [0.15, 0.2) is 36.7 Å². The molecule has 1 heterocycles. The second-order valence-electron chi connectivity index (χ2n) is 2.99. The van der Waals surface area contributed by atoms with Gasteiger partial charge in [0.15, 0.2) is 0 Å². The minimum Gasteiger partial charge on any atom is -0.330 e. The zero-order valence-electron chi connectivity index (χ0n) is 7.80. The lowest BCUT2D eigenvalue weighted by molar-refractivity contribution is 0.830. The molecule has 1 aromatic carbocycles. The number of rotatable bonds is 3. The number of hydrogen-bond acceptors (Lipinski definition) is 3. The van der Waals surface area contributed by atoms with Crippen molar-refractivity contribution in [2.45, 2.75) is 6.42 Å². The van der Waals surface area contributed by atoms with E-state index in [0.29, 0.717) is 6.54 Å². The van der Waals surface area contributed by atoms with Crippen molar-refractivity contribution in [3.05, 3.63) is 42.5 Å².